The Labute approximate surface area is 178 Å². The first kappa shape index (κ1) is 19.7. The SMILES string of the molecule is O=S(=O)(c1cccc(F)c1)N1CCN(c2ccc(-c3ccc4c(c3)OCO4)nn2)CC1. The van der Waals surface area contributed by atoms with Crippen molar-refractivity contribution in [1.29, 1.82) is 0 Å². The van der Waals surface area contributed by atoms with Crippen LogP contribution in [0.15, 0.2) is 59.5 Å². The number of hydrogen-bond acceptors (Lipinski definition) is 7. The zero-order chi connectivity index (χ0) is 21.4. The monoisotopic (exact) mass is 442 g/mol. The summed E-state index contributed by atoms with van der Waals surface area (Å²) in [4.78, 5) is 1.95. The minimum atomic E-state index is -3.73. The fourth-order valence-corrected chi connectivity index (χ4v) is 5.09. The van der Waals surface area contributed by atoms with Gasteiger partial charge in [0, 0.05) is 31.7 Å². The van der Waals surface area contributed by atoms with Crippen molar-refractivity contribution in [2.45, 2.75) is 4.90 Å². The van der Waals surface area contributed by atoms with Crippen LogP contribution in [0.25, 0.3) is 11.3 Å². The molecule has 2 aliphatic heterocycles. The highest BCUT2D eigenvalue weighted by Crippen LogP contribution is 2.35. The maximum Gasteiger partial charge on any atom is 0.243 e. The van der Waals surface area contributed by atoms with Gasteiger partial charge in [-0.25, -0.2) is 12.8 Å². The van der Waals surface area contributed by atoms with Crippen molar-refractivity contribution in [2.75, 3.05) is 37.9 Å². The van der Waals surface area contributed by atoms with Crippen molar-refractivity contribution in [3.63, 3.8) is 0 Å². The second-order valence-corrected chi connectivity index (χ2v) is 9.13. The number of aromatic nitrogens is 2. The Morgan fingerprint density at radius 2 is 1.68 bits per heavy atom. The molecule has 10 heteroatoms. The molecule has 0 radical (unpaired) electrons. The first-order valence-corrected chi connectivity index (χ1v) is 11.2. The fourth-order valence-electron chi connectivity index (χ4n) is 3.64. The van der Waals surface area contributed by atoms with Gasteiger partial charge >= 0.3 is 0 Å². The summed E-state index contributed by atoms with van der Waals surface area (Å²) >= 11 is 0. The van der Waals surface area contributed by atoms with E-state index in [2.05, 4.69) is 10.2 Å². The molecule has 0 bridgehead atoms. The first-order valence-electron chi connectivity index (χ1n) is 9.75. The van der Waals surface area contributed by atoms with Gasteiger partial charge in [-0.1, -0.05) is 6.07 Å². The van der Waals surface area contributed by atoms with Gasteiger partial charge < -0.3 is 14.4 Å². The van der Waals surface area contributed by atoms with Crippen LogP contribution in [0.2, 0.25) is 0 Å². The molecule has 3 heterocycles. The predicted molar refractivity (Wildman–Crippen MR) is 111 cm³/mol. The fraction of sp³-hybridized carbons (Fsp3) is 0.238. The molecule has 0 atom stereocenters. The van der Waals surface area contributed by atoms with E-state index in [1.165, 1.54) is 22.5 Å². The van der Waals surface area contributed by atoms with Crippen molar-refractivity contribution in [3.05, 3.63) is 60.4 Å². The number of anilines is 1. The number of ether oxygens (including phenoxy) is 2. The van der Waals surface area contributed by atoms with Crippen LogP contribution in [0.5, 0.6) is 11.5 Å². The van der Waals surface area contributed by atoms with E-state index in [1.54, 1.807) is 0 Å². The zero-order valence-electron chi connectivity index (χ0n) is 16.4. The molecule has 0 amide bonds. The molecular formula is C21H19FN4O4S. The summed E-state index contributed by atoms with van der Waals surface area (Å²) in [5.41, 5.74) is 1.57. The van der Waals surface area contributed by atoms with Gasteiger partial charge in [0.25, 0.3) is 0 Å². The molecule has 0 N–H and O–H groups in total. The maximum absolute atomic E-state index is 13.4. The van der Waals surface area contributed by atoms with Crippen molar-refractivity contribution >= 4 is 15.8 Å². The van der Waals surface area contributed by atoms with Crippen LogP contribution in [0, 0.1) is 5.82 Å². The van der Waals surface area contributed by atoms with E-state index in [9.17, 15) is 12.8 Å². The number of halogens is 1. The molecule has 160 valence electrons. The quantitative estimate of drug-likeness (QED) is 0.614. The Bertz CT molecular complexity index is 1210. The maximum atomic E-state index is 13.4. The highest BCUT2D eigenvalue weighted by atomic mass is 32.2. The Hall–Kier alpha value is -3.24. The highest BCUT2D eigenvalue weighted by Gasteiger charge is 2.29. The van der Waals surface area contributed by atoms with Crippen molar-refractivity contribution in [2.24, 2.45) is 0 Å². The van der Waals surface area contributed by atoms with Crippen LogP contribution in [-0.4, -0.2) is 55.9 Å². The summed E-state index contributed by atoms with van der Waals surface area (Å²) in [5.74, 6) is 1.49. The van der Waals surface area contributed by atoms with E-state index in [-0.39, 0.29) is 24.8 Å². The number of sulfonamides is 1. The number of hydrogen-bond donors (Lipinski definition) is 0. The van der Waals surface area contributed by atoms with Crippen molar-refractivity contribution in [1.82, 2.24) is 14.5 Å². The van der Waals surface area contributed by atoms with Crippen LogP contribution >= 0.6 is 0 Å². The van der Waals surface area contributed by atoms with E-state index >= 15 is 0 Å². The van der Waals surface area contributed by atoms with Crippen LogP contribution in [0.3, 0.4) is 0 Å². The molecule has 0 spiro atoms. The van der Waals surface area contributed by atoms with Gasteiger partial charge in [0.15, 0.2) is 17.3 Å². The third kappa shape index (κ3) is 3.79. The van der Waals surface area contributed by atoms with Crippen molar-refractivity contribution in [3.8, 4) is 22.8 Å². The van der Waals surface area contributed by atoms with Gasteiger partial charge in [-0.15, -0.1) is 10.2 Å². The molecule has 0 aliphatic carbocycles. The lowest BCUT2D eigenvalue weighted by Gasteiger charge is -2.34. The van der Waals surface area contributed by atoms with Crippen molar-refractivity contribution < 1.29 is 22.3 Å². The van der Waals surface area contributed by atoms with E-state index in [1.807, 2.05) is 35.2 Å². The van der Waals surface area contributed by atoms with E-state index < -0.39 is 15.8 Å². The Morgan fingerprint density at radius 3 is 2.42 bits per heavy atom. The normalized spacial score (nSPS) is 16.5. The molecule has 2 aromatic carbocycles. The lowest BCUT2D eigenvalue weighted by atomic mass is 10.1. The summed E-state index contributed by atoms with van der Waals surface area (Å²) in [5, 5.41) is 8.63. The Balaban J connectivity index is 1.27. The van der Waals surface area contributed by atoms with Gasteiger partial charge in [0.05, 0.1) is 10.6 Å². The second kappa shape index (κ2) is 7.78. The molecule has 8 nitrogen and oxygen atoms in total. The molecule has 1 fully saturated rings. The summed E-state index contributed by atoms with van der Waals surface area (Å²) in [7, 11) is -3.73. The van der Waals surface area contributed by atoms with Gasteiger partial charge in [0.2, 0.25) is 16.8 Å². The zero-order valence-corrected chi connectivity index (χ0v) is 17.3. The van der Waals surface area contributed by atoms with E-state index in [0.29, 0.717) is 36.1 Å². The van der Waals surface area contributed by atoms with Crippen LogP contribution in [0.1, 0.15) is 0 Å². The van der Waals surface area contributed by atoms with Gasteiger partial charge in [0.1, 0.15) is 5.82 Å². The van der Waals surface area contributed by atoms with E-state index in [0.717, 1.165) is 11.6 Å². The smallest absolute Gasteiger partial charge is 0.243 e. The van der Waals surface area contributed by atoms with E-state index in [4.69, 9.17) is 9.47 Å². The van der Waals surface area contributed by atoms with Gasteiger partial charge in [-0.2, -0.15) is 4.31 Å². The average molecular weight is 442 g/mol. The molecular weight excluding hydrogens is 423 g/mol. The summed E-state index contributed by atoms with van der Waals surface area (Å²) in [6.45, 7) is 1.71. The lowest BCUT2D eigenvalue weighted by molar-refractivity contribution is 0.174. The highest BCUT2D eigenvalue weighted by molar-refractivity contribution is 7.89. The third-order valence-electron chi connectivity index (χ3n) is 5.32. The number of rotatable bonds is 4. The standard InChI is InChI=1S/C21H19FN4O4S/c22-16-2-1-3-17(13-16)31(27,28)26-10-8-25(9-11-26)21-7-5-18(23-24-21)15-4-6-19-20(12-15)30-14-29-19/h1-7,12-13H,8-11,14H2. The Kier molecular flexibility index (Phi) is 4.95. The Morgan fingerprint density at radius 1 is 0.871 bits per heavy atom. The minimum Gasteiger partial charge on any atom is -0.454 e. The first-order chi connectivity index (χ1) is 15.0. The molecule has 1 aromatic heterocycles. The third-order valence-corrected chi connectivity index (χ3v) is 7.21. The summed E-state index contributed by atoms with van der Waals surface area (Å²) in [6.07, 6.45) is 0. The summed E-state index contributed by atoms with van der Waals surface area (Å²) in [6, 6.07) is 14.4. The number of nitrogens with zero attached hydrogens (tertiary/aromatic N) is 4. The molecule has 5 rings (SSSR count). The predicted octanol–water partition coefficient (Wildman–Crippen LogP) is 2.52. The topological polar surface area (TPSA) is 84.9 Å². The van der Waals surface area contributed by atoms with Gasteiger partial charge in [-0.05, 0) is 48.5 Å². The number of fused-ring (bicyclic) bond motifs is 1. The number of benzene rings is 2. The largest absolute Gasteiger partial charge is 0.454 e. The molecule has 31 heavy (non-hydrogen) atoms. The molecule has 3 aromatic rings. The van der Waals surface area contributed by atoms with Crippen LogP contribution < -0.4 is 14.4 Å². The molecule has 0 unspecified atom stereocenters. The molecule has 1 saturated heterocycles. The average Bonchev–Trinajstić information content (AvgIpc) is 3.27. The van der Waals surface area contributed by atoms with Gasteiger partial charge in [-0.3, -0.25) is 0 Å². The molecule has 2 aliphatic rings. The minimum absolute atomic E-state index is 0.0335. The number of piperazine rings is 1. The van der Waals surface area contributed by atoms with Crippen LogP contribution in [-0.2, 0) is 10.0 Å². The van der Waals surface area contributed by atoms with Crippen LogP contribution in [0.4, 0.5) is 10.2 Å². The summed E-state index contributed by atoms with van der Waals surface area (Å²) < 4.78 is 51.1. The molecule has 0 saturated carbocycles. The second-order valence-electron chi connectivity index (χ2n) is 7.19. The lowest BCUT2D eigenvalue weighted by Crippen LogP contribution is -2.49.